The van der Waals surface area contributed by atoms with Crippen LogP contribution in [0.5, 0.6) is 0 Å². The van der Waals surface area contributed by atoms with Crippen LogP contribution in [-0.2, 0) is 25.6 Å². The summed E-state index contributed by atoms with van der Waals surface area (Å²) in [6.45, 7) is 6.00. The molecule has 0 aliphatic heterocycles. The molecule has 0 aliphatic rings. The van der Waals surface area contributed by atoms with Crippen molar-refractivity contribution in [1.82, 2.24) is 0 Å². The van der Waals surface area contributed by atoms with Crippen LogP contribution in [0.2, 0.25) is 0 Å². The van der Waals surface area contributed by atoms with Crippen molar-refractivity contribution in [2.45, 2.75) is 122 Å². The summed E-state index contributed by atoms with van der Waals surface area (Å²) in [5, 5.41) is 8.77. The fourth-order valence-corrected chi connectivity index (χ4v) is 4.40. The van der Waals surface area contributed by atoms with Crippen molar-refractivity contribution in [2.75, 3.05) is 46.2 Å². The van der Waals surface area contributed by atoms with E-state index in [9.17, 15) is 0 Å². The van der Waals surface area contributed by atoms with Gasteiger partial charge in [-0.05, 0) is 12.0 Å². The third-order valence-electron chi connectivity index (χ3n) is 6.69. The van der Waals surface area contributed by atoms with Gasteiger partial charge in [0.2, 0.25) is 0 Å². The molecule has 1 aromatic rings. The summed E-state index contributed by atoms with van der Waals surface area (Å²) in [6.07, 6.45) is 21.9. The van der Waals surface area contributed by atoms with Crippen LogP contribution < -0.4 is 0 Å². The Balaban J connectivity index is 1.96. The highest BCUT2D eigenvalue weighted by atomic mass is 16.6. The molecule has 0 bridgehead atoms. The molecular weight excluding hydrogens is 464 g/mol. The second kappa shape index (κ2) is 28.0. The van der Waals surface area contributed by atoms with Crippen molar-refractivity contribution < 1.29 is 24.1 Å². The molecule has 1 aromatic carbocycles. The third kappa shape index (κ3) is 23.8. The van der Waals surface area contributed by atoms with Crippen LogP contribution in [0.15, 0.2) is 30.3 Å². The van der Waals surface area contributed by atoms with Gasteiger partial charge in [0.25, 0.3) is 0 Å². The van der Waals surface area contributed by atoms with Crippen molar-refractivity contribution >= 4 is 0 Å². The Labute approximate surface area is 228 Å². The fraction of sp³-hybridized carbons (Fsp3) is 0.812. The fourth-order valence-electron chi connectivity index (χ4n) is 4.40. The second-order valence-corrected chi connectivity index (χ2v) is 10.2. The maximum atomic E-state index is 8.77. The maximum absolute atomic E-state index is 8.77. The smallest absolute Gasteiger partial charge is 0.105 e. The summed E-state index contributed by atoms with van der Waals surface area (Å²) in [5.74, 6) is 0. The van der Waals surface area contributed by atoms with Crippen LogP contribution in [-0.4, -0.2) is 57.5 Å². The zero-order valence-corrected chi connectivity index (χ0v) is 24.0. The molecule has 1 rings (SSSR count). The van der Waals surface area contributed by atoms with Gasteiger partial charge < -0.3 is 24.1 Å². The van der Waals surface area contributed by atoms with Crippen molar-refractivity contribution in [3.05, 3.63) is 35.9 Å². The van der Waals surface area contributed by atoms with E-state index in [1.807, 2.05) is 18.2 Å². The Kier molecular flexibility index (Phi) is 25.8. The number of benzene rings is 1. The molecular formula is C32H58O5. The van der Waals surface area contributed by atoms with Gasteiger partial charge >= 0.3 is 0 Å². The molecule has 0 heterocycles. The van der Waals surface area contributed by atoms with E-state index >= 15 is 0 Å². The average Bonchev–Trinajstić information content (AvgIpc) is 2.93. The Morgan fingerprint density at radius 1 is 0.568 bits per heavy atom. The minimum atomic E-state index is -0.0981. The monoisotopic (exact) mass is 522 g/mol. The first-order valence-electron chi connectivity index (χ1n) is 15.4. The second-order valence-electron chi connectivity index (χ2n) is 10.2. The lowest BCUT2D eigenvalue weighted by Gasteiger charge is -2.18. The van der Waals surface area contributed by atoms with Gasteiger partial charge in [-0.3, -0.25) is 0 Å². The van der Waals surface area contributed by atoms with Gasteiger partial charge in [-0.1, -0.05) is 134 Å². The molecule has 37 heavy (non-hydrogen) atoms. The number of aliphatic hydroxyl groups excluding tert-OH is 1. The highest BCUT2D eigenvalue weighted by molar-refractivity contribution is 5.13. The Hall–Kier alpha value is -0.980. The molecule has 0 aliphatic carbocycles. The lowest BCUT2D eigenvalue weighted by atomic mass is 10.0. The van der Waals surface area contributed by atoms with Gasteiger partial charge in [0.15, 0.2) is 0 Å². The first-order valence-corrected chi connectivity index (χ1v) is 15.4. The molecule has 0 saturated heterocycles. The lowest BCUT2D eigenvalue weighted by molar-refractivity contribution is -0.0741. The van der Waals surface area contributed by atoms with Crippen molar-refractivity contribution in [3.63, 3.8) is 0 Å². The van der Waals surface area contributed by atoms with Crippen LogP contribution >= 0.6 is 0 Å². The molecule has 216 valence electrons. The quantitative estimate of drug-likeness (QED) is 0.108. The zero-order valence-electron chi connectivity index (χ0n) is 24.0. The molecule has 0 spiro atoms. The van der Waals surface area contributed by atoms with E-state index in [-0.39, 0.29) is 12.7 Å². The van der Waals surface area contributed by atoms with Crippen LogP contribution in [0.25, 0.3) is 0 Å². The van der Waals surface area contributed by atoms with Gasteiger partial charge in [0, 0.05) is 6.61 Å². The summed E-state index contributed by atoms with van der Waals surface area (Å²) in [7, 11) is 0. The molecule has 0 amide bonds. The predicted octanol–water partition coefficient (Wildman–Crippen LogP) is 7.88. The molecule has 0 fully saturated rings. The highest BCUT2D eigenvalue weighted by Crippen LogP contribution is 2.14. The lowest BCUT2D eigenvalue weighted by Crippen LogP contribution is -2.27. The number of rotatable bonds is 29. The molecule has 0 saturated carbocycles. The van der Waals surface area contributed by atoms with Gasteiger partial charge in [-0.25, -0.2) is 0 Å². The number of unbranched alkanes of at least 4 members (excludes halogenated alkanes) is 15. The zero-order chi connectivity index (χ0) is 26.5. The first kappa shape index (κ1) is 34.0. The van der Waals surface area contributed by atoms with E-state index < -0.39 is 0 Å². The Morgan fingerprint density at radius 2 is 1.05 bits per heavy atom. The van der Waals surface area contributed by atoms with Gasteiger partial charge in [-0.2, -0.15) is 0 Å². The average molecular weight is 523 g/mol. The van der Waals surface area contributed by atoms with E-state index in [2.05, 4.69) is 19.1 Å². The number of hydrogen-bond acceptors (Lipinski definition) is 5. The predicted molar refractivity (Wildman–Crippen MR) is 154 cm³/mol. The summed E-state index contributed by atoms with van der Waals surface area (Å²) in [5.41, 5.74) is 1.15. The third-order valence-corrected chi connectivity index (χ3v) is 6.69. The summed E-state index contributed by atoms with van der Waals surface area (Å²) in [4.78, 5) is 0. The standard InChI is InChI=1S/C32H58O5/c1-2-3-4-5-6-7-8-9-10-11-12-13-14-15-16-20-24-35-29-32(30-36-27-26-34-25-23-33)37-28-31-21-18-17-19-22-31/h17-19,21-22,32-33H,2-16,20,23-30H2,1H3. The van der Waals surface area contributed by atoms with Crippen molar-refractivity contribution in [2.24, 2.45) is 0 Å². The number of hydrogen-bond donors (Lipinski definition) is 1. The number of ether oxygens (including phenoxy) is 4. The van der Waals surface area contributed by atoms with E-state index in [1.165, 1.54) is 96.3 Å². The molecule has 1 unspecified atom stereocenters. The van der Waals surface area contributed by atoms with Crippen LogP contribution in [0.3, 0.4) is 0 Å². The van der Waals surface area contributed by atoms with E-state index in [0.29, 0.717) is 39.6 Å². The van der Waals surface area contributed by atoms with E-state index in [1.54, 1.807) is 0 Å². The maximum Gasteiger partial charge on any atom is 0.105 e. The van der Waals surface area contributed by atoms with Gasteiger partial charge in [0.1, 0.15) is 6.10 Å². The van der Waals surface area contributed by atoms with Crippen molar-refractivity contribution in [3.8, 4) is 0 Å². The Morgan fingerprint density at radius 3 is 1.59 bits per heavy atom. The Bertz CT molecular complexity index is 553. The van der Waals surface area contributed by atoms with E-state index in [4.69, 9.17) is 24.1 Å². The first-order chi connectivity index (χ1) is 18.4. The van der Waals surface area contributed by atoms with Gasteiger partial charge in [0.05, 0.1) is 46.2 Å². The normalized spacial score (nSPS) is 12.3. The summed E-state index contributed by atoms with van der Waals surface area (Å²) < 4.78 is 22.9. The number of aliphatic hydroxyl groups is 1. The van der Waals surface area contributed by atoms with Gasteiger partial charge in [-0.15, -0.1) is 0 Å². The van der Waals surface area contributed by atoms with Crippen LogP contribution in [0, 0.1) is 0 Å². The molecule has 1 N–H and O–H groups in total. The summed E-state index contributed by atoms with van der Waals surface area (Å²) >= 11 is 0. The molecule has 0 radical (unpaired) electrons. The molecule has 5 nitrogen and oxygen atoms in total. The molecule has 5 heteroatoms. The van der Waals surface area contributed by atoms with Crippen LogP contribution in [0.1, 0.15) is 115 Å². The SMILES string of the molecule is CCCCCCCCCCCCCCCCCCOCC(COCCOCCO)OCc1ccccc1. The van der Waals surface area contributed by atoms with Crippen molar-refractivity contribution in [1.29, 1.82) is 0 Å². The molecule has 0 aromatic heterocycles. The summed E-state index contributed by atoms with van der Waals surface area (Å²) in [6, 6.07) is 10.2. The molecule has 1 atom stereocenters. The minimum absolute atomic E-state index is 0.0377. The largest absolute Gasteiger partial charge is 0.394 e. The highest BCUT2D eigenvalue weighted by Gasteiger charge is 2.10. The van der Waals surface area contributed by atoms with E-state index in [0.717, 1.165) is 18.6 Å². The minimum Gasteiger partial charge on any atom is -0.394 e. The topological polar surface area (TPSA) is 57.2 Å². The van der Waals surface area contributed by atoms with Crippen LogP contribution in [0.4, 0.5) is 0 Å².